The number of nitriles is 2. The van der Waals surface area contributed by atoms with Gasteiger partial charge in [-0.25, -0.2) is 8.42 Å². The van der Waals surface area contributed by atoms with Gasteiger partial charge in [-0.3, -0.25) is 4.79 Å². The molecule has 0 heterocycles. The molecule has 0 amide bonds. The Morgan fingerprint density at radius 3 is 2.04 bits per heavy atom. The first-order chi connectivity index (χ1) is 13.3. The number of nitrogens with zero attached hydrogens (tertiary/aromatic N) is 2. The van der Waals surface area contributed by atoms with E-state index in [2.05, 4.69) is 11.7 Å². The standard InChI is InChI=1S/C20H34N2O4S2/c1-3-4-5-6-7-8-9-10-11-12-17-27-28(24,25)20(2,18-22)14-13-19(23)26-16-15-21/h3-14,16-17H2,1-2H3. The fourth-order valence-electron chi connectivity index (χ4n) is 2.65. The van der Waals surface area contributed by atoms with E-state index in [1.807, 2.05) is 6.07 Å². The Morgan fingerprint density at radius 2 is 1.54 bits per heavy atom. The van der Waals surface area contributed by atoms with Crippen LogP contribution in [0.15, 0.2) is 0 Å². The molecule has 0 aromatic carbocycles. The van der Waals surface area contributed by atoms with Gasteiger partial charge in [0, 0.05) is 12.2 Å². The van der Waals surface area contributed by atoms with Crippen molar-refractivity contribution in [3.63, 3.8) is 0 Å². The maximum Gasteiger partial charge on any atom is 0.306 e. The molecule has 0 aliphatic heterocycles. The van der Waals surface area contributed by atoms with E-state index in [4.69, 9.17) is 5.26 Å². The van der Waals surface area contributed by atoms with Crippen LogP contribution in [-0.4, -0.2) is 31.5 Å². The summed E-state index contributed by atoms with van der Waals surface area (Å²) in [5, 5.41) is 17.7. The Kier molecular flexibility index (Phi) is 14.9. The van der Waals surface area contributed by atoms with Crippen LogP contribution in [0.25, 0.3) is 0 Å². The fourth-order valence-corrected chi connectivity index (χ4v) is 6.07. The number of hydrogen-bond acceptors (Lipinski definition) is 7. The summed E-state index contributed by atoms with van der Waals surface area (Å²) in [6.45, 7) is 3.18. The lowest BCUT2D eigenvalue weighted by molar-refractivity contribution is -0.142. The van der Waals surface area contributed by atoms with Gasteiger partial charge in [0.1, 0.15) is 6.07 Å². The molecule has 6 nitrogen and oxygen atoms in total. The summed E-state index contributed by atoms with van der Waals surface area (Å²) in [5.74, 6) is -0.215. The summed E-state index contributed by atoms with van der Waals surface area (Å²) in [4.78, 5) is 11.5. The Bertz CT molecular complexity index is 623. The van der Waals surface area contributed by atoms with Crippen molar-refractivity contribution in [1.82, 2.24) is 0 Å². The maximum atomic E-state index is 12.5. The zero-order valence-corrected chi connectivity index (χ0v) is 18.9. The van der Waals surface area contributed by atoms with Gasteiger partial charge in [-0.1, -0.05) is 64.7 Å². The van der Waals surface area contributed by atoms with E-state index in [0.29, 0.717) is 5.75 Å². The number of hydrogen-bond donors (Lipinski definition) is 0. The molecular formula is C20H34N2O4S2. The van der Waals surface area contributed by atoms with Crippen LogP contribution >= 0.6 is 10.8 Å². The molecule has 0 fully saturated rings. The van der Waals surface area contributed by atoms with Gasteiger partial charge in [0.05, 0.1) is 6.07 Å². The van der Waals surface area contributed by atoms with Crippen LogP contribution < -0.4 is 0 Å². The lowest BCUT2D eigenvalue weighted by Crippen LogP contribution is -2.32. The molecule has 0 aromatic rings. The fraction of sp³-hybridized carbons (Fsp3) is 0.850. The van der Waals surface area contributed by atoms with Gasteiger partial charge in [0.2, 0.25) is 8.87 Å². The van der Waals surface area contributed by atoms with Crippen LogP contribution in [0.2, 0.25) is 0 Å². The van der Waals surface area contributed by atoms with Gasteiger partial charge in [0.25, 0.3) is 0 Å². The largest absolute Gasteiger partial charge is 0.450 e. The summed E-state index contributed by atoms with van der Waals surface area (Å²) in [5.41, 5.74) is 0. The first-order valence-corrected chi connectivity index (χ1v) is 13.1. The average Bonchev–Trinajstić information content (AvgIpc) is 2.68. The van der Waals surface area contributed by atoms with Crippen LogP contribution in [0.3, 0.4) is 0 Å². The van der Waals surface area contributed by atoms with E-state index in [1.165, 1.54) is 51.9 Å². The first-order valence-electron chi connectivity index (χ1n) is 10.2. The molecule has 0 saturated heterocycles. The zero-order chi connectivity index (χ0) is 21.3. The molecule has 0 aliphatic rings. The lowest BCUT2D eigenvalue weighted by atomic mass is 10.1. The lowest BCUT2D eigenvalue weighted by Gasteiger charge is -2.20. The molecule has 0 saturated carbocycles. The first kappa shape index (κ1) is 26.8. The molecule has 28 heavy (non-hydrogen) atoms. The molecule has 0 spiro atoms. The van der Waals surface area contributed by atoms with Crippen LogP contribution in [0.1, 0.15) is 90.9 Å². The second-order valence-electron chi connectivity index (χ2n) is 7.12. The van der Waals surface area contributed by atoms with Gasteiger partial charge in [-0.05, 0) is 30.6 Å². The highest BCUT2D eigenvalue weighted by Crippen LogP contribution is 2.32. The third-order valence-electron chi connectivity index (χ3n) is 4.63. The Labute approximate surface area is 174 Å². The normalized spacial score (nSPS) is 13.3. The number of esters is 1. The van der Waals surface area contributed by atoms with Gasteiger partial charge in [-0.15, -0.1) is 0 Å². The van der Waals surface area contributed by atoms with E-state index < -0.39 is 19.6 Å². The Balaban J connectivity index is 4.07. The van der Waals surface area contributed by atoms with Crippen LogP contribution in [-0.2, 0) is 18.4 Å². The molecule has 0 aliphatic carbocycles. The minimum absolute atomic E-state index is 0.138. The summed E-state index contributed by atoms with van der Waals surface area (Å²) in [6, 6.07) is 3.51. The quantitative estimate of drug-likeness (QED) is 0.179. The molecule has 0 bridgehead atoms. The minimum Gasteiger partial charge on any atom is -0.450 e. The highest BCUT2D eigenvalue weighted by molar-refractivity contribution is 8.72. The SMILES string of the molecule is CCCCCCCCCCCCSS(=O)(=O)C(C)(C#N)CCC(=O)OCC#N. The van der Waals surface area contributed by atoms with Crippen molar-refractivity contribution in [2.45, 2.75) is 95.6 Å². The van der Waals surface area contributed by atoms with E-state index in [0.717, 1.165) is 30.1 Å². The molecule has 0 rings (SSSR count). The summed E-state index contributed by atoms with van der Waals surface area (Å²) < 4.78 is 28.0. The molecule has 160 valence electrons. The predicted octanol–water partition coefficient (Wildman–Crippen LogP) is 5.10. The molecule has 1 atom stereocenters. The topological polar surface area (TPSA) is 108 Å². The average molecular weight is 431 g/mol. The number of carbonyl (C=O) groups is 1. The summed E-state index contributed by atoms with van der Waals surface area (Å²) >= 11 is 0. The maximum absolute atomic E-state index is 12.5. The van der Waals surface area contributed by atoms with E-state index >= 15 is 0 Å². The zero-order valence-electron chi connectivity index (χ0n) is 17.2. The number of unbranched alkanes of at least 4 members (excludes halogenated alkanes) is 9. The van der Waals surface area contributed by atoms with Gasteiger partial charge in [0.15, 0.2) is 11.4 Å². The van der Waals surface area contributed by atoms with Crippen molar-refractivity contribution in [3.05, 3.63) is 0 Å². The molecule has 1 unspecified atom stereocenters. The van der Waals surface area contributed by atoms with Gasteiger partial charge in [-0.2, -0.15) is 10.5 Å². The molecule has 0 aromatic heterocycles. The molecule has 0 N–H and O–H groups in total. The predicted molar refractivity (Wildman–Crippen MR) is 113 cm³/mol. The summed E-state index contributed by atoms with van der Waals surface area (Å²) in [7, 11) is -2.91. The van der Waals surface area contributed by atoms with Crippen molar-refractivity contribution in [2.24, 2.45) is 0 Å². The van der Waals surface area contributed by atoms with Crippen LogP contribution in [0.5, 0.6) is 0 Å². The van der Waals surface area contributed by atoms with Crippen molar-refractivity contribution in [2.75, 3.05) is 12.4 Å². The Morgan fingerprint density at radius 1 is 1.00 bits per heavy atom. The Hall–Kier alpha value is -1.25. The highest BCUT2D eigenvalue weighted by Gasteiger charge is 2.40. The number of ether oxygens (including phenoxy) is 1. The monoisotopic (exact) mass is 430 g/mol. The number of carbonyl (C=O) groups excluding carboxylic acids is 1. The third-order valence-corrected chi connectivity index (χ3v) is 9.33. The second-order valence-corrected chi connectivity index (χ2v) is 11.6. The summed E-state index contributed by atoms with van der Waals surface area (Å²) in [6.07, 6.45) is 11.4. The van der Waals surface area contributed by atoms with Crippen molar-refractivity contribution in [3.8, 4) is 12.1 Å². The molecule has 8 heteroatoms. The van der Waals surface area contributed by atoms with Crippen LogP contribution in [0, 0.1) is 22.7 Å². The van der Waals surface area contributed by atoms with Crippen molar-refractivity contribution < 1.29 is 17.9 Å². The van der Waals surface area contributed by atoms with E-state index in [-0.39, 0.29) is 19.4 Å². The van der Waals surface area contributed by atoms with Gasteiger partial charge >= 0.3 is 5.97 Å². The minimum atomic E-state index is -3.72. The van der Waals surface area contributed by atoms with Gasteiger partial charge < -0.3 is 4.74 Å². The van der Waals surface area contributed by atoms with E-state index in [9.17, 15) is 18.5 Å². The third kappa shape index (κ3) is 11.6. The molecular weight excluding hydrogens is 396 g/mol. The number of rotatable bonds is 17. The van der Waals surface area contributed by atoms with Crippen molar-refractivity contribution >= 4 is 25.6 Å². The van der Waals surface area contributed by atoms with Crippen LogP contribution in [0.4, 0.5) is 0 Å². The molecule has 0 radical (unpaired) electrons. The van der Waals surface area contributed by atoms with E-state index in [1.54, 1.807) is 6.07 Å². The van der Waals surface area contributed by atoms with Crippen molar-refractivity contribution in [1.29, 1.82) is 10.5 Å². The smallest absolute Gasteiger partial charge is 0.306 e. The second kappa shape index (κ2) is 15.6. The highest BCUT2D eigenvalue weighted by atomic mass is 33.1.